The lowest BCUT2D eigenvalue weighted by Crippen LogP contribution is -2.39. The molecule has 7 heteroatoms. The van der Waals surface area contributed by atoms with E-state index in [1.165, 1.54) is 6.07 Å². The van der Waals surface area contributed by atoms with Crippen molar-refractivity contribution in [1.29, 1.82) is 0 Å². The first-order chi connectivity index (χ1) is 14.0. The molecule has 2 aromatic rings. The van der Waals surface area contributed by atoms with Gasteiger partial charge in [0, 0.05) is 31.5 Å². The van der Waals surface area contributed by atoms with Crippen LogP contribution in [0.5, 0.6) is 0 Å². The summed E-state index contributed by atoms with van der Waals surface area (Å²) in [4.78, 5) is 51.5. The minimum atomic E-state index is -0.435. The van der Waals surface area contributed by atoms with Crippen molar-refractivity contribution in [3.8, 4) is 0 Å². The summed E-state index contributed by atoms with van der Waals surface area (Å²) < 4.78 is 0. The molecule has 0 saturated carbocycles. The maximum atomic E-state index is 12.5. The molecule has 1 saturated heterocycles. The Labute approximate surface area is 169 Å². The van der Waals surface area contributed by atoms with E-state index in [-0.39, 0.29) is 42.7 Å². The van der Waals surface area contributed by atoms with Crippen LogP contribution in [0.1, 0.15) is 35.7 Å². The summed E-state index contributed by atoms with van der Waals surface area (Å²) in [7, 11) is 0. The monoisotopic (exact) mass is 393 g/mol. The van der Waals surface area contributed by atoms with E-state index < -0.39 is 5.91 Å². The molecule has 0 unspecified atom stereocenters. The lowest BCUT2D eigenvalue weighted by Gasteiger charge is -2.21. The summed E-state index contributed by atoms with van der Waals surface area (Å²) in [5.41, 5.74) is 1.67. The van der Waals surface area contributed by atoms with Crippen molar-refractivity contribution < 1.29 is 19.2 Å². The predicted molar refractivity (Wildman–Crippen MR) is 108 cm³/mol. The largest absolute Gasteiger partial charge is 0.343 e. The zero-order chi connectivity index (χ0) is 20.8. The average Bonchev–Trinajstić information content (AvgIpc) is 3.08. The summed E-state index contributed by atoms with van der Waals surface area (Å²) in [5, 5.41) is 2.62. The van der Waals surface area contributed by atoms with Crippen molar-refractivity contribution in [2.45, 2.75) is 26.3 Å². The molecule has 1 heterocycles. The van der Waals surface area contributed by atoms with Gasteiger partial charge in [-0.15, -0.1) is 0 Å². The Balaban J connectivity index is 1.61. The Morgan fingerprint density at radius 3 is 2.34 bits per heavy atom. The molecule has 3 rings (SSSR count). The van der Waals surface area contributed by atoms with Gasteiger partial charge in [0.25, 0.3) is 5.91 Å². The van der Waals surface area contributed by atoms with Gasteiger partial charge in [-0.2, -0.15) is 0 Å². The van der Waals surface area contributed by atoms with Crippen LogP contribution in [0.25, 0.3) is 0 Å². The number of hydrogen-bond donors (Lipinski definition) is 1. The number of carbonyl (C=O) groups excluding carboxylic acids is 4. The van der Waals surface area contributed by atoms with Crippen molar-refractivity contribution in [2.75, 3.05) is 18.0 Å². The van der Waals surface area contributed by atoms with Gasteiger partial charge in [0.05, 0.1) is 12.2 Å². The zero-order valence-corrected chi connectivity index (χ0v) is 16.3. The highest BCUT2D eigenvalue weighted by molar-refractivity contribution is 6.20. The first kappa shape index (κ1) is 20.3. The second kappa shape index (κ2) is 9.14. The first-order valence-electron chi connectivity index (χ1n) is 9.55. The van der Waals surface area contributed by atoms with Crippen LogP contribution in [0, 0.1) is 0 Å². The van der Waals surface area contributed by atoms with Gasteiger partial charge in [-0.3, -0.25) is 24.1 Å². The molecule has 0 aromatic heterocycles. The van der Waals surface area contributed by atoms with E-state index >= 15 is 0 Å². The molecule has 1 aliphatic rings. The molecule has 1 N–H and O–H groups in total. The standard InChI is InChI=1S/C22H23N3O4/c1-2-24(15-16-7-4-3-5-8-16)21(28)14-23-22(29)17-9-6-10-18(13-17)25-19(26)11-12-20(25)27/h3-10,13H,2,11-12,14-15H2,1H3,(H,23,29). The van der Waals surface area contributed by atoms with Crippen LogP contribution < -0.4 is 10.2 Å². The molecule has 0 bridgehead atoms. The molecule has 0 aliphatic carbocycles. The number of likely N-dealkylation sites (N-methyl/N-ethyl adjacent to an activating group) is 1. The zero-order valence-electron chi connectivity index (χ0n) is 16.3. The number of anilines is 1. The van der Waals surface area contributed by atoms with Crippen molar-refractivity contribution in [3.05, 3.63) is 65.7 Å². The third-order valence-electron chi connectivity index (χ3n) is 4.77. The molecule has 29 heavy (non-hydrogen) atoms. The van der Waals surface area contributed by atoms with Crippen LogP contribution in [-0.2, 0) is 20.9 Å². The van der Waals surface area contributed by atoms with Crippen LogP contribution in [0.15, 0.2) is 54.6 Å². The van der Waals surface area contributed by atoms with Crippen molar-refractivity contribution in [2.24, 2.45) is 0 Å². The van der Waals surface area contributed by atoms with Gasteiger partial charge in [0.15, 0.2) is 0 Å². The summed E-state index contributed by atoms with van der Waals surface area (Å²) in [6.07, 6.45) is 0.357. The van der Waals surface area contributed by atoms with Crippen LogP contribution in [0.2, 0.25) is 0 Å². The summed E-state index contributed by atoms with van der Waals surface area (Å²) >= 11 is 0. The van der Waals surface area contributed by atoms with Gasteiger partial charge in [0.1, 0.15) is 0 Å². The Morgan fingerprint density at radius 1 is 1.00 bits per heavy atom. The average molecular weight is 393 g/mol. The smallest absolute Gasteiger partial charge is 0.251 e. The third-order valence-corrected chi connectivity index (χ3v) is 4.77. The molecule has 2 aromatic carbocycles. The number of carbonyl (C=O) groups is 4. The molecular formula is C22H23N3O4. The maximum Gasteiger partial charge on any atom is 0.251 e. The number of nitrogens with one attached hydrogen (secondary N) is 1. The Hall–Kier alpha value is -3.48. The van der Waals surface area contributed by atoms with Gasteiger partial charge >= 0.3 is 0 Å². The molecule has 1 fully saturated rings. The number of benzene rings is 2. The highest BCUT2D eigenvalue weighted by Crippen LogP contribution is 2.23. The van der Waals surface area contributed by atoms with Crippen LogP contribution >= 0.6 is 0 Å². The molecule has 0 atom stereocenters. The number of nitrogens with zero attached hydrogens (tertiary/aromatic N) is 2. The molecule has 7 nitrogen and oxygen atoms in total. The normalized spacial score (nSPS) is 13.5. The van der Waals surface area contributed by atoms with E-state index in [9.17, 15) is 19.2 Å². The summed E-state index contributed by atoms with van der Waals surface area (Å²) in [6.45, 7) is 2.75. The second-order valence-electron chi connectivity index (χ2n) is 6.75. The Morgan fingerprint density at radius 2 is 1.69 bits per heavy atom. The van der Waals surface area contributed by atoms with E-state index in [4.69, 9.17) is 0 Å². The van der Waals surface area contributed by atoms with E-state index in [0.29, 0.717) is 18.8 Å². The van der Waals surface area contributed by atoms with Gasteiger partial charge in [-0.25, -0.2) is 0 Å². The van der Waals surface area contributed by atoms with Crippen LogP contribution in [0.3, 0.4) is 0 Å². The maximum absolute atomic E-state index is 12.5. The minimum absolute atomic E-state index is 0.134. The molecule has 4 amide bonds. The van der Waals surface area contributed by atoms with Crippen molar-refractivity contribution >= 4 is 29.3 Å². The fourth-order valence-corrected chi connectivity index (χ4v) is 3.20. The highest BCUT2D eigenvalue weighted by atomic mass is 16.2. The third kappa shape index (κ3) is 4.87. The molecule has 150 valence electrons. The second-order valence-corrected chi connectivity index (χ2v) is 6.75. The van der Waals surface area contributed by atoms with E-state index in [2.05, 4.69) is 5.32 Å². The molecule has 0 radical (unpaired) electrons. The van der Waals surface area contributed by atoms with E-state index in [1.807, 2.05) is 37.3 Å². The number of rotatable bonds is 7. The van der Waals surface area contributed by atoms with Crippen molar-refractivity contribution in [3.63, 3.8) is 0 Å². The number of amides is 4. The molecular weight excluding hydrogens is 370 g/mol. The summed E-state index contributed by atoms with van der Waals surface area (Å²) in [5.74, 6) is -1.18. The number of imide groups is 1. The van der Waals surface area contributed by atoms with Crippen LogP contribution in [-0.4, -0.2) is 41.6 Å². The summed E-state index contributed by atoms with van der Waals surface area (Å²) in [6, 6.07) is 15.9. The lowest BCUT2D eigenvalue weighted by molar-refractivity contribution is -0.130. The van der Waals surface area contributed by atoms with Gasteiger partial charge < -0.3 is 10.2 Å². The Kier molecular flexibility index (Phi) is 6.39. The van der Waals surface area contributed by atoms with E-state index in [1.54, 1.807) is 23.1 Å². The first-order valence-corrected chi connectivity index (χ1v) is 9.55. The molecule has 1 aliphatic heterocycles. The van der Waals surface area contributed by atoms with Crippen LogP contribution in [0.4, 0.5) is 5.69 Å². The fraction of sp³-hybridized carbons (Fsp3) is 0.273. The minimum Gasteiger partial charge on any atom is -0.343 e. The number of hydrogen-bond acceptors (Lipinski definition) is 4. The highest BCUT2D eigenvalue weighted by Gasteiger charge is 2.30. The lowest BCUT2D eigenvalue weighted by atomic mass is 10.1. The predicted octanol–water partition coefficient (Wildman–Crippen LogP) is 2.12. The molecule has 0 spiro atoms. The topological polar surface area (TPSA) is 86.8 Å². The van der Waals surface area contributed by atoms with E-state index in [0.717, 1.165) is 10.5 Å². The van der Waals surface area contributed by atoms with Crippen molar-refractivity contribution in [1.82, 2.24) is 10.2 Å². The quantitative estimate of drug-likeness (QED) is 0.730. The van der Waals surface area contributed by atoms with Gasteiger partial charge in [-0.05, 0) is 30.7 Å². The van der Waals surface area contributed by atoms with Gasteiger partial charge in [-0.1, -0.05) is 36.4 Å². The Bertz CT molecular complexity index is 911. The fourth-order valence-electron chi connectivity index (χ4n) is 3.20. The van der Waals surface area contributed by atoms with Gasteiger partial charge in [0.2, 0.25) is 17.7 Å². The SMILES string of the molecule is CCN(Cc1ccccc1)C(=O)CNC(=O)c1cccc(N2C(=O)CCC2=O)c1.